The zero-order chi connectivity index (χ0) is 20.6. The van der Waals surface area contributed by atoms with Crippen LogP contribution in [0.5, 0.6) is 17.2 Å². The Hall–Kier alpha value is -3.03. The fourth-order valence-electron chi connectivity index (χ4n) is 2.82. The van der Waals surface area contributed by atoms with Crippen LogP contribution in [0.2, 0.25) is 0 Å². The van der Waals surface area contributed by atoms with Gasteiger partial charge in [-0.2, -0.15) is 0 Å². The van der Waals surface area contributed by atoms with Crippen LogP contribution in [0.25, 0.3) is 11.1 Å². The predicted molar refractivity (Wildman–Crippen MR) is 113 cm³/mol. The van der Waals surface area contributed by atoms with Gasteiger partial charge < -0.3 is 24.6 Å². The van der Waals surface area contributed by atoms with E-state index >= 15 is 0 Å². The number of benzene rings is 2. The normalized spacial score (nSPS) is 11.6. The van der Waals surface area contributed by atoms with Gasteiger partial charge in [0.05, 0.1) is 19.1 Å². The van der Waals surface area contributed by atoms with Crippen molar-refractivity contribution in [2.45, 2.75) is 6.10 Å². The van der Waals surface area contributed by atoms with Crippen molar-refractivity contribution in [3.63, 3.8) is 0 Å². The van der Waals surface area contributed by atoms with Crippen molar-refractivity contribution in [1.29, 1.82) is 0 Å². The molecule has 0 aliphatic heterocycles. The minimum Gasteiger partial charge on any atom is -0.493 e. The quantitative estimate of drug-likeness (QED) is 0.561. The Morgan fingerprint density at radius 1 is 1.03 bits per heavy atom. The lowest BCUT2D eigenvalue weighted by Gasteiger charge is -2.17. The molecule has 1 unspecified atom stereocenters. The molecule has 0 spiro atoms. The Balaban J connectivity index is 1.58. The van der Waals surface area contributed by atoms with E-state index in [1.165, 1.54) is 25.6 Å². The number of hydrogen-bond acceptors (Lipinski definition) is 6. The third-order valence-corrected chi connectivity index (χ3v) is 5.17. The molecule has 0 bridgehead atoms. The van der Waals surface area contributed by atoms with Gasteiger partial charge in [0, 0.05) is 12.1 Å². The van der Waals surface area contributed by atoms with Crippen molar-refractivity contribution in [1.82, 2.24) is 5.32 Å². The van der Waals surface area contributed by atoms with Crippen molar-refractivity contribution >= 4 is 17.2 Å². The van der Waals surface area contributed by atoms with E-state index in [9.17, 15) is 9.90 Å². The number of hydrogen-bond donors (Lipinski definition) is 2. The molecule has 0 saturated heterocycles. The summed E-state index contributed by atoms with van der Waals surface area (Å²) in [4.78, 5) is 13.2. The maximum absolute atomic E-state index is 12.6. The van der Waals surface area contributed by atoms with Gasteiger partial charge in [-0.05, 0) is 29.1 Å². The summed E-state index contributed by atoms with van der Waals surface area (Å²) >= 11 is 1.37. The van der Waals surface area contributed by atoms with Crippen molar-refractivity contribution in [2.75, 3.05) is 27.4 Å². The molecule has 3 rings (SSSR count). The van der Waals surface area contributed by atoms with E-state index in [1.807, 2.05) is 41.8 Å². The molecule has 1 aromatic heterocycles. The van der Waals surface area contributed by atoms with E-state index in [4.69, 9.17) is 14.2 Å². The van der Waals surface area contributed by atoms with E-state index in [2.05, 4.69) is 5.32 Å². The summed E-state index contributed by atoms with van der Waals surface area (Å²) in [5, 5.41) is 14.9. The molecule has 6 nitrogen and oxygen atoms in total. The number of ether oxygens (including phenoxy) is 3. The third-order valence-electron chi connectivity index (χ3n) is 4.26. The molecule has 0 fully saturated rings. The van der Waals surface area contributed by atoms with Crippen LogP contribution in [0.15, 0.2) is 60.0 Å². The Morgan fingerprint density at radius 3 is 2.38 bits per heavy atom. The molecule has 1 heterocycles. The number of aliphatic hydroxyl groups excluding tert-OH is 1. The number of amides is 1. The van der Waals surface area contributed by atoms with Crippen LogP contribution in [0.3, 0.4) is 0 Å². The molecule has 2 N–H and O–H groups in total. The number of para-hydroxylation sites is 1. The fraction of sp³-hybridized carbons (Fsp3) is 0.227. The SMILES string of the molecule is COc1cccc(OC)c1OCC(O)CNC(=O)c1sccc1-c1ccccc1. The Morgan fingerprint density at radius 2 is 1.72 bits per heavy atom. The maximum atomic E-state index is 12.6. The van der Waals surface area contributed by atoms with Gasteiger partial charge in [-0.3, -0.25) is 4.79 Å². The molecule has 2 aromatic carbocycles. The maximum Gasteiger partial charge on any atom is 0.262 e. The molecule has 3 aromatic rings. The summed E-state index contributed by atoms with van der Waals surface area (Å²) in [5.41, 5.74) is 1.85. The van der Waals surface area contributed by atoms with Gasteiger partial charge >= 0.3 is 0 Å². The first-order valence-electron chi connectivity index (χ1n) is 9.07. The van der Waals surface area contributed by atoms with Crippen molar-refractivity contribution in [3.05, 3.63) is 64.9 Å². The van der Waals surface area contributed by atoms with Crippen molar-refractivity contribution in [2.24, 2.45) is 0 Å². The largest absolute Gasteiger partial charge is 0.493 e. The number of aliphatic hydroxyl groups is 1. The number of methoxy groups -OCH3 is 2. The second-order valence-corrected chi connectivity index (χ2v) is 7.11. The van der Waals surface area contributed by atoms with E-state index in [-0.39, 0.29) is 19.1 Å². The average molecular weight is 413 g/mol. The van der Waals surface area contributed by atoms with E-state index in [0.29, 0.717) is 22.1 Å². The molecule has 1 amide bonds. The van der Waals surface area contributed by atoms with Gasteiger partial charge in [0.1, 0.15) is 12.7 Å². The molecule has 0 aliphatic rings. The lowest BCUT2D eigenvalue weighted by molar-refractivity contribution is 0.0837. The summed E-state index contributed by atoms with van der Waals surface area (Å²) < 4.78 is 16.2. The summed E-state index contributed by atoms with van der Waals surface area (Å²) in [5.74, 6) is 1.19. The van der Waals surface area contributed by atoms with Crippen LogP contribution in [0.4, 0.5) is 0 Å². The second-order valence-electron chi connectivity index (χ2n) is 6.20. The van der Waals surface area contributed by atoms with Crippen LogP contribution in [0, 0.1) is 0 Å². The highest BCUT2D eigenvalue weighted by Crippen LogP contribution is 2.36. The second kappa shape index (κ2) is 9.95. The lowest BCUT2D eigenvalue weighted by Crippen LogP contribution is -2.35. The lowest BCUT2D eigenvalue weighted by atomic mass is 10.1. The van der Waals surface area contributed by atoms with E-state index in [1.54, 1.807) is 18.2 Å². The van der Waals surface area contributed by atoms with E-state index < -0.39 is 6.10 Å². The van der Waals surface area contributed by atoms with Crippen LogP contribution >= 0.6 is 11.3 Å². The zero-order valence-corrected chi connectivity index (χ0v) is 17.1. The van der Waals surface area contributed by atoms with Crippen LogP contribution in [0.1, 0.15) is 9.67 Å². The Bertz CT molecular complexity index is 919. The highest BCUT2D eigenvalue weighted by Gasteiger charge is 2.17. The van der Waals surface area contributed by atoms with Crippen LogP contribution in [-0.2, 0) is 0 Å². The number of rotatable bonds is 9. The minimum absolute atomic E-state index is 0.0208. The fourth-order valence-corrected chi connectivity index (χ4v) is 3.65. The number of nitrogens with one attached hydrogen (secondary N) is 1. The summed E-state index contributed by atoms with van der Waals surface area (Å²) in [6.07, 6.45) is -0.895. The summed E-state index contributed by atoms with van der Waals surface area (Å²) in [7, 11) is 3.06. The zero-order valence-electron chi connectivity index (χ0n) is 16.3. The standard InChI is InChI=1S/C22H23NO5S/c1-26-18-9-6-10-19(27-2)20(18)28-14-16(24)13-23-22(25)21-17(11-12-29-21)15-7-4-3-5-8-15/h3-12,16,24H,13-14H2,1-2H3,(H,23,25). The van der Waals surface area contributed by atoms with Gasteiger partial charge in [-0.25, -0.2) is 0 Å². The smallest absolute Gasteiger partial charge is 0.262 e. The highest BCUT2D eigenvalue weighted by atomic mass is 32.1. The Kier molecular flexibility index (Phi) is 7.10. The van der Waals surface area contributed by atoms with Gasteiger partial charge in [0.25, 0.3) is 5.91 Å². The summed E-state index contributed by atoms with van der Waals surface area (Å²) in [6.45, 7) is 0.0371. The number of carbonyl (C=O) groups excluding carboxylic acids is 1. The van der Waals surface area contributed by atoms with E-state index in [0.717, 1.165) is 11.1 Å². The molecular formula is C22H23NO5S. The first kappa shape index (κ1) is 20.7. The summed E-state index contributed by atoms with van der Waals surface area (Å²) in [6, 6.07) is 16.9. The Labute approximate surface area is 173 Å². The minimum atomic E-state index is -0.895. The molecule has 0 saturated carbocycles. The predicted octanol–water partition coefficient (Wildman–Crippen LogP) is 3.60. The number of carbonyl (C=O) groups is 1. The van der Waals surface area contributed by atoms with Gasteiger partial charge in [0.15, 0.2) is 11.5 Å². The van der Waals surface area contributed by atoms with Gasteiger partial charge in [0.2, 0.25) is 5.75 Å². The molecule has 29 heavy (non-hydrogen) atoms. The monoisotopic (exact) mass is 413 g/mol. The average Bonchev–Trinajstić information content (AvgIpc) is 3.26. The topological polar surface area (TPSA) is 77.0 Å². The molecular weight excluding hydrogens is 390 g/mol. The molecule has 152 valence electrons. The molecule has 0 aliphatic carbocycles. The van der Waals surface area contributed by atoms with Gasteiger partial charge in [-0.1, -0.05) is 36.4 Å². The van der Waals surface area contributed by atoms with Crippen molar-refractivity contribution < 1.29 is 24.1 Å². The molecule has 0 radical (unpaired) electrons. The van der Waals surface area contributed by atoms with Crippen molar-refractivity contribution in [3.8, 4) is 28.4 Å². The van der Waals surface area contributed by atoms with Gasteiger partial charge in [-0.15, -0.1) is 11.3 Å². The molecule has 7 heteroatoms. The first-order chi connectivity index (χ1) is 14.1. The van der Waals surface area contributed by atoms with Crippen LogP contribution in [-0.4, -0.2) is 44.5 Å². The van der Waals surface area contributed by atoms with Crippen LogP contribution < -0.4 is 19.5 Å². The third kappa shape index (κ3) is 5.07. The first-order valence-corrected chi connectivity index (χ1v) is 9.95. The molecule has 1 atom stereocenters. The highest BCUT2D eigenvalue weighted by molar-refractivity contribution is 7.12. The number of thiophene rings is 1.